The summed E-state index contributed by atoms with van der Waals surface area (Å²) in [7, 11) is 0. The van der Waals surface area contributed by atoms with Gasteiger partial charge in [-0.15, -0.1) is 10.2 Å². The second-order valence-electron chi connectivity index (χ2n) is 8.18. The van der Waals surface area contributed by atoms with Crippen LogP contribution >= 0.6 is 11.6 Å². The fourth-order valence-electron chi connectivity index (χ4n) is 4.39. The molecule has 1 spiro atoms. The molecule has 0 radical (unpaired) electrons. The van der Waals surface area contributed by atoms with E-state index in [1.54, 1.807) is 34.3 Å². The number of rotatable bonds is 3. The van der Waals surface area contributed by atoms with E-state index >= 15 is 0 Å². The minimum atomic E-state index is -0.587. The topological polar surface area (TPSA) is 80.6 Å². The molecule has 1 atom stereocenters. The van der Waals surface area contributed by atoms with E-state index in [1.165, 1.54) is 0 Å². The molecule has 2 aromatic carbocycles. The molecule has 2 amide bonds. The summed E-state index contributed by atoms with van der Waals surface area (Å²) >= 11 is 5.97. The van der Waals surface area contributed by atoms with Gasteiger partial charge in [0.1, 0.15) is 18.3 Å². The van der Waals surface area contributed by atoms with Gasteiger partial charge in [0.2, 0.25) is 0 Å². The summed E-state index contributed by atoms with van der Waals surface area (Å²) in [6, 6.07) is 14.6. The maximum Gasteiger partial charge on any atom is 0.415 e. The van der Waals surface area contributed by atoms with E-state index in [0.29, 0.717) is 43.1 Å². The lowest BCUT2D eigenvalue weighted by Gasteiger charge is -2.25. The van der Waals surface area contributed by atoms with Gasteiger partial charge in [0, 0.05) is 41.5 Å². The molecule has 1 aromatic heterocycles. The maximum absolute atomic E-state index is 13.2. The highest BCUT2D eigenvalue weighted by molar-refractivity contribution is 6.30. The number of nitrogens with zero attached hydrogens (tertiary/aromatic N) is 5. The van der Waals surface area contributed by atoms with Crippen LogP contribution in [0.5, 0.6) is 0 Å². The van der Waals surface area contributed by atoms with Crippen LogP contribution in [0.4, 0.5) is 10.5 Å². The van der Waals surface area contributed by atoms with E-state index in [9.17, 15) is 9.59 Å². The van der Waals surface area contributed by atoms with Gasteiger partial charge in [-0.05, 0) is 55.3 Å². The molecule has 0 saturated carbocycles. The molecule has 8 nitrogen and oxygen atoms in total. The Morgan fingerprint density at radius 3 is 2.56 bits per heavy atom. The van der Waals surface area contributed by atoms with Gasteiger partial charge in [-0.2, -0.15) is 0 Å². The summed E-state index contributed by atoms with van der Waals surface area (Å²) in [5.74, 6) is -0.0316. The third-order valence-corrected chi connectivity index (χ3v) is 6.36. The van der Waals surface area contributed by atoms with Crippen molar-refractivity contribution in [2.75, 3.05) is 24.5 Å². The zero-order valence-electron chi connectivity index (χ0n) is 17.4. The third kappa shape index (κ3) is 3.93. The van der Waals surface area contributed by atoms with Crippen molar-refractivity contribution in [3.05, 3.63) is 71.8 Å². The Morgan fingerprint density at radius 1 is 1.00 bits per heavy atom. The van der Waals surface area contributed by atoms with Crippen molar-refractivity contribution in [1.29, 1.82) is 0 Å². The highest BCUT2D eigenvalue weighted by Crippen LogP contribution is 2.36. The SMILES string of the molecule is O=C(c1cccc(-n2cnnc2)c1)N1CCC[C@]2(CC1)CN(c1ccc(Cl)cc1)C(=O)O2. The number of ether oxygens (including phenoxy) is 1. The molecule has 2 saturated heterocycles. The molecule has 2 aliphatic heterocycles. The molecule has 0 N–H and O–H groups in total. The Morgan fingerprint density at radius 2 is 1.78 bits per heavy atom. The lowest BCUT2D eigenvalue weighted by Crippen LogP contribution is -2.37. The fourth-order valence-corrected chi connectivity index (χ4v) is 4.52. The van der Waals surface area contributed by atoms with Gasteiger partial charge in [-0.3, -0.25) is 14.3 Å². The first-order valence-electron chi connectivity index (χ1n) is 10.5. The zero-order chi connectivity index (χ0) is 22.1. The van der Waals surface area contributed by atoms with Gasteiger partial charge in [0.25, 0.3) is 5.91 Å². The summed E-state index contributed by atoms with van der Waals surface area (Å²) < 4.78 is 7.63. The minimum Gasteiger partial charge on any atom is -0.441 e. The smallest absolute Gasteiger partial charge is 0.415 e. The molecule has 32 heavy (non-hydrogen) atoms. The van der Waals surface area contributed by atoms with Crippen LogP contribution in [-0.2, 0) is 4.74 Å². The first-order chi connectivity index (χ1) is 15.5. The average molecular weight is 452 g/mol. The summed E-state index contributed by atoms with van der Waals surface area (Å²) in [6.07, 6.45) is 4.92. The molecule has 2 fully saturated rings. The number of carbonyl (C=O) groups is 2. The predicted molar refractivity (Wildman–Crippen MR) is 119 cm³/mol. The third-order valence-electron chi connectivity index (χ3n) is 6.10. The molecule has 164 valence electrons. The van der Waals surface area contributed by atoms with Crippen LogP contribution in [0.15, 0.2) is 61.2 Å². The fraction of sp³-hybridized carbons (Fsp3) is 0.304. The van der Waals surface area contributed by atoms with Crippen LogP contribution in [0.2, 0.25) is 5.02 Å². The largest absolute Gasteiger partial charge is 0.441 e. The zero-order valence-corrected chi connectivity index (χ0v) is 18.1. The van der Waals surface area contributed by atoms with Crippen LogP contribution in [-0.4, -0.2) is 56.9 Å². The van der Waals surface area contributed by atoms with Crippen LogP contribution < -0.4 is 4.90 Å². The number of hydrogen-bond acceptors (Lipinski definition) is 5. The second kappa shape index (κ2) is 8.27. The molecule has 9 heteroatoms. The van der Waals surface area contributed by atoms with E-state index in [2.05, 4.69) is 10.2 Å². The molecule has 0 bridgehead atoms. The Balaban J connectivity index is 1.29. The van der Waals surface area contributed by atoms with Crippen molar-refractivity contribution >= 4 is 29.3 Å². The number of aromatic nitrogens is 3. The first-order valence-corrected chi connectivity index (χ1v) is 10.9. The van der Waals surface area contributed by atoms with Gasteiger partial charge in [0.05, 0.1) is 6.54 Å². The normalized spacial score (nSPS) is 21.0. The van der Waals surface area contributed by atoms with Gasteiger partial charge < -0.3 is 9.64 Å². The number of benzene rings is 2. The number of amides is 2. The maximum atomic E-state index is 13.2. The van der Waals surface area contributed by atoms with Gasteiger partial charge in [-0.25, -0.2) is 4.79 Å². The predicted octanol–water partition coefficient (Wildman–Crippen LogP) is 3.94. The van der Waals surface area contributed by atoms with Gasteiger partial charge >= 0.3 is 6.09 Å². The Bertz CT molecular complexity index is 1130. The van der Waals surface area contributed by atoms with Gasteiger partial charge in [-0.1, -0.05) is 17.7 Å². The van der Waals surface area contributed by atoms with Crippen LogP contribution in [0.1, 0.15) is 29.6 Å². The molecule has 3 aromatic rings. The van der Waals surface area contributed by atoms with E-state index in [4.69, 9.17) is 16.3 Å². The Labute approximate surface area is 190 Å². The quantitative estimate of drug-likeness (QED) is 0.602. The van der Waals surface area contributed by atoms with E-state index in [0.717, 1.165) is 17.8 Å². The van der Waals surface area contributed by atoms with Crippen molar-refractivity contribution in [3.63, 3.8) is 0 Å². The lowest BCUT2D eigenvalue weighted by molar-refractivity contribution is 0.0438. The number of anilines is 1. The molecular formula is C23H22ClN5O3. The van der Waals surface area contributed by atoms with Crippen LogP contribution in [0.3, 0.4) is 0 Å². The van der Waals surface area contributed by atoms with Crippen LogP contribution in [0, 0.1) is 0 Å². The number of likely N-dealkylation sites (tertiary alicyclic amines) is 1. The number of hydrogen-bond donors (Lipinski definition) is 0. The molecule has 0 aliphatic carbocycles. The highest BCUT2D eigenvalue weighted by Gasteiger charge is 2.46. The highest BCUT2D eigenvalue weighted by atomic mass is 35.5. The molecule has 3 heterocycles. The summed E-state index contributed by atoms with van der Waals surface area (Å²) in [5.41, 5.74) is 1.61. The lowest BCUT2D eigenvalue weighted by atomic mass is 9.95. The van der Waals surface area contributed by atoms with Crippen molar-refractivity contribution in [2.24, 2.45) is 0 Å². The van der Waals surface area contributed by atoms with Crippen molar-refractivity contribution in [2.45, 2.75) is 24.9 Å². The summed E-state index contributed by atoms with van der Waals surface area (Å²) in [6.45, 7) is 1.62. The van der Waals surface area contributed by atoms with Gasteiger partial charge in [0.15, 0.2) is 0 Å². The molecule has 0 unspecified atom stereocenters. The monoisotopic (exact) mass is 451 g/mol. The Kier molecular flexibility index (Phi) is 5.30. The molecular weight excluding hydrogens is 430 g/mol. The first kappa shape index (κ1) is 20.5. The van der Waals surface area contributed by atoms with Crippen molar-refractivity contribution in [3.8, 4) is 5.69 Å². The molecule has 2 aliphatic rings. The number of halogens is 1. The molecule has 5 rings (SSSR count). The summed E-state index contributed by atoms with van der Waals surface area (Å²) in [4.78, 5) is 29.3. The van der Waals surface area contributed by atoms with E-state index in [1.807, 2.05) is 41.3 Å². The van der Waals surface area contributed by atoms with Crippen molar-refractivity contribution in [1.82, 2.24) is 19.7 Å². The average Bonchev–Trinajstić information content (AvgIpc) is 3.40. The van der Waals surface area contributed by atoms with Crippen LogP contribution in [0.25, 0.3) is 5.69 Å². The number of carbonyl (C=O) groups excluding carboxylic acids is 2. The van der Waals surface area contributed by atoms with Crippen molar-refractivity contribution < 1.29 is 14.3 Å². The standard InChI is InChI=1S/C23H22ClN5O3/c24-18-5-7-19(8-6-18)29-14-23(32-22(29)31)9-2-11-27(12-10-23)21(30)17-3-1-4-20(13-17)28-15-25-26-16-28/h1,3-8,13,15-16H,2,9-12,14H2/t23-/m0/s1. The minimum absolute atomic E-state index is 0.0316. The van der Waals surface area contributed by atoms with E-state index < -0.39 is 5.60 Å². The van der Waals surface area contributed by atoms with E-state index in [-0.39, 0.29) is 12.0 Å². The Hall–Kier alpha value is -3.39. The summed E-state index contributed by atoms with van der Waals surface area (Å²) in [5, 5.41) is 8.26. The second-order valence-corrected chi connectivity index (χ2v) is 8.62.